The Morgan fingerprint density at radius 3 is 2.45 bits per heavy atom. The van der Waals surface area contributed by atoms with E-state index < -0.39 is 10.0 Å². The van der Waals surface area contributed by atoms with Gasteiger partial charge in [-0.2, -0.15) is 0 Å². The Hall–Kier alpha value is -1.47. The summed E-state index contributed by atoms with van der Waals surface area (Å²) in [5, 5.41) is 5.43. The summed E-state index contributed by atoms with van der Waals surface area (Å²) in [4.78, 5) is 0.325. The summed E-state index contributed by atoms with van der Waals surface area (Å²) in [6.45, 7) is 2.30. The molecule has 6 heteroatoms. The highest BCUT2D eigenvalue weighted by atomic mass is 32.2. The molecule has 0 heterocycles. The zero-order valence-electron chi connectivity index (χ0n) is 17.3. The van der Waals surface area contributed by atoms with Crippen LogP contribution in [0.15, 0.2) is 47.4 Å². The maximum absolute atomic E-state index is 12.5. The highest BCUT2D eigenvalue weighted by Crippen LogP contribution is 2.26. The van der Waals surface area contributed by atoms with Crippen molar-refractivity contribution in [2.45, 2.75) is 62.3 Å². The van der Waals surface area contributed by atoms with E-state index in [0.29, 0.717) is 23.4 Å². The lowest BCUT2D eigenvalue weighted by Gasteiger charge is -2.27. The van der Waals surface area contributed by atoms with Gasteiger partial charge in [0.05, 0.1) is 4.90 Å². The van der Waals surface area contributed by atoms with Crippen molar-refractivity contribution in [1.29, 1.82) is 0 Å². The Kier molecular flexibility index (Phi) is 8.48. The minimum Gasteiger partial charge on any atom is -0.327 e. The molecule has 3 rings (SSSR count). The van der Waals surface area contributed by atoms with Crippen LogP contribution in [0.3, 0.4) is 0 Å². The second kappa shape index (κ2) is 11.1. The summed E-state index contributed by atoms with van der Waals surface area (Å²) in [5.41, 5.74) is 6.33. The first-order valence-electron chi connectivity index (χ1n) is 11.0. The number of nitrogens with two attached hydrogens (primary N) is 1. The monoisotopic (exact) mass is 417 g/mol. The fourth-order valence-electron chi connectivity index (χ4n) is 4.19. The molecule has 1 aliphatic carbocycles. The second-order valence-corrected chi connectivity index (χ2v) is 9.98. The fourth-order valence-corrected chi connectivity index (χ4v) is 5.30. The van der Waals surface area contributed by atoms with Gasteiger partial charge in [-0.1, -0.05) is 49.6 Å². The molecule has 0 spiro atoms. The van der Waals surface area contributed by atoms with Crippen molar-refractivity contribution in [2.75, 3.05) is 19.6 Å². The van der Waals surface area contributed by atoms with Crippen molar-refractivity contribution in [3.8, 4) is 0 Å². The van der Waals surface area contributed by atoms with E-state index in [1.165, 1.54) is 32.1 Å². The van der Waals surface area contributed by atoms with Crippen LogP contribution in [0.2, 0.25) is 0 Å². The van der Waals surface area contributed by atoms with Gasteiger partial charge in [-0.05, 0) is 74.0 Å². The van der Waals surface area contributed by atoms with Gasteiger partial charge in [0.25, 0.3) is 0 Å². The van der Waals surface area contributed by atoms with Crippen LogP contribution in [-0.2, 0) is 10.0 Å². The first kappa shape index (κ1) is 22.2. The molecule has 0 bridgehead atoms. The van der Waals surface area contributed by atoms with Crippen LogP contribution >= 0.6 is 0 Å². The van der Waals surface area contributed by atoms with Crippen LogP contribution in [-0.4, -0.2) is 34.1 Å². The van der Waals surface area contributed by atoms with Crippen LogP contribution in [0, 0.1) is 5.92 Å². The molecule has 0 aromatic heterocycles. The summed E-state index contributed by atoms with van der Waals surface area (Å²) in [6.07, 6.45) is 9.40. The summed E-state index contributed by atoms with van der Waals surface area (Å²) < 4.78 is 27.7. The van der Waals surface area contributed by atoms with Crippen molar-refractivity contribution < 1.29 is 8.42 Å². The summed E-state index contributed by atoms with van der Waals surface area (Å²) >= 11 is 0. The topological polar surface area (TPSA) is 84.2 Å². The van der Waals surface area contributed by atoms with Gasteiger partial charge in [0, 0.05) is 12.6 Å². The van der Waals surface area contributed by atoms with E-state index in [1.807, 2.05) is 30.3 Å². The van der Waals surface area contributed by atoms with Gasteiger partial charge < -0.3 is 11.1 Å². The molecule has 1 unspecified atom stereocenters. The molecular formula is C23H35N3O2S. The Labute approximate surface area is 175 Å². The number of sulfonamides is 1. The second-order valence-electron chi connectivity index (χ2n) is 8.21. The van der Waals surface area contributed by atoms with E-state index in [2.05, 4.69) is 10.0 Å². The number of fused-ring (bicyclic) bond motifs is 1. The molecule has 29 heavy (non-hydrogen) atoms. The standard InChI is InChI=1S/C23H35N3O2S/c24-23(20-9-2-1-3-10-20)14-17-25-15-6-7-16-26-29(27,28)22-13-12-19-8-4-5-11-21(19)18-22/h4-5,8,11-13,18,20,23,25-26H,1-3,6-7,9-10,14-17,24H2. The van der Waals surface area contributed by atoms with Crippen LogP contribution in [0.25, 0.3) is 10.8 Å². The highest BCUT2D eigenvalue weighted by molar-refractivity contribution is 7.89. The lowest BCUT2D eigenvalue weighted by Crippen LogP contribution is -2.35. The minimum absolute atomic E-state index is 0.316. The Bertz CT molecular complexity index is 863. The normalized spacial score (nSPS) is 16.9. The Morgan fingerprint density at radius 2 is 1.66 bits per heavy atom. The molecule has 2 aromatic carbocycles. The number of hydrogen-bond acceptors (Lipinski definition) is 4. The SMILES string of the molecule is NC(CCNCCCCNS(=O)(=O)c1ccc2ccccc2c1)C1CCCCC1. The Balaban J connectivity index is 1.30. The smallest absolute Gasteiger partial charge is 0.240 e. The van der Waals surface area contributed by atoms with E-state index in [-0.39, 0.29) is 0 Å². The molecule has 1 atom stereocenters. The van der Waals surface area contributed by atoms with Crippen LogP contribution < -0.4 is 15.8 Å². The third-order valence-corrected chi connectivity index (χ3v) is 7.47. The lowest BCUT2D eigenvalue weighted by atomic mass is 9.83. The van der Waals surface area contributed by atoms with Crippen LogP contribution in [0.1, 0.15) is 51.4 Å². The number of rotatable bonds is 11. The molecule has 2 aromatic rings. The Morgan fingerprint density at radius 1 is 0.931 bits per heavy atom. The zero-order chi connectivity index (χ0) is 20.5. The summed E-state index contributed by atoms with van der Waals surface area (Å²) in [6, 6.07) is 13.3. The van der Waals surface area contributed by atoms with Gasteiger partial charge in [0.15, 0.2) is 0 Å². The van der Waals surface area contributed by atoms with Gasteiger partial charge in [-0.3, -0.25) is 0 Å². The lowest BCUT2D eigenvalue weighted by molar-refractivity contribution is 0.293. The first-order chi connectivity index (χ1) is 14.1. The van der Waals surface area contributed by atoms with Gasteiger partial charge in [-0.15, -0.1) is 0 Å². The van der Waals surface area contributed by atoms with Gasteiger partial charge in [0.1, 0.15) is 0 Å². The molecule has 5 nitrogen and oxygen atoms in total. The van der Waals surface area contributed by atoms with Crippen LogP contribution in [0.5, 0.6) is 0 Å². The molecule has 0 amide bonds. The van der Waals surface area contributed by atoms with E-state index >= 15 is 0 Å². The van der Waals surface area contributed by atoms with E-state index in [9.17, 15) is 8.42 Å². The summed E-state index contributed by atoms with van der Waals surface area (Å²) in [7, 11) is -3.46. The maximum atomic E-state index is 12.5. The number of nitrogens with one attached hydrogen (secondary N) is 2. The van der Waals surface area contributed by atoms with E-state index in [1.54, 1.807) is 12.1 Å². The van der Waals surface area contributed by atoms with Crippen LogP contribution in [0.4, 0.5) is 0 Å². The molecule has 0 aliphatic heterocycles. The molecule has 1 saturated carbocycles. The molecule has 0 radical (unpaired) electrons. The first-order valence-corrected chi connectivity index (χ1v) is 12.5. The van der Waals surface area contributed by atoms with Crippen molar-refractivity contribution in [3.63, 3.8) is 0 Å². The maximum Gasteiger partial charge on any atom is 0.240 e. The quantitative estimate of drug-likeness (QED) is 0.486. The number of benzene rings is 2. The summed E-state index contributed by atoms with van der Waals surface area (Å²) in [5.74, 6) is 0.704. The number of hydrogen-bond donors (Lipinski definition) is 3. The third-order valence-electron chi connectivity index (χ3n) is 6.01. The average molecular weight is 418 g/mol. The van der Waals surface area contributed by atoms with E-state index in [4.69, 9.17) is 5.73 Å². The van der Waals surface area contributed by atoms with Gasteiger partial charge >= 0.3 is 0 Å². The zero-order valence-corrected chi connectivity index (χ0v) is 18.1. The highest BCUT2D eigenvalue weighted by Gasteiger charge is 2.19. The van der Waals surface area contributed by atoms with Crippen molar-refractivity contribution in [3.05, 3.63) is 42.5 Å². The molecule has 160 valence electrons. The van der Waals surface area contributed by atoms with Crippen molar-refractivity contribution >= 4 is 20.8 Å². The third kappa shape index (κ3) is 6.78. The molecule has 4 N–H and O–H groups in total. The van der Waals surface area contributed by atoms with Gasteiger partial charge in [0.2, 0.25) is 10.0 Å². The predicted octanol–water partition coefficient (Wildman–Crippen LogP) is 3.79. The largest absolute Gasteiger partial charge is 0.327 e. The van der Waals surface area contributed by atoms with Crippen molar-refractivity contribution in [1.82, 2.24) is 10.0 Å². The molecule has 1 aliphatic rings. The van der Waals surface area contributed by atoms with Crippen molar-refractivity contribution in [2.24, 2.45) is 11.7 Å². The van der Waals surface area contributed by atoms with E-state index in [0.717, 1.165) is 43.1 Å². The predicted molar refractivity (Wildman–Crippen MR) is 120 cm³/mol. The molecule has 0 saturated heterocycles. The van der Waals surface area contributed by atoms with Gasteiger partial charge in [-0.25, -0.2) is 13.1 Å². The number of unbranched alkanes of at least 4 members (excludes halogenated alkanes) is 1. The average Bonchev–Trinajstić information content (AvgIpc) is 2.75. The fraction of sp³-hybridized carbons (Fsp3) is 0.565. The molecule has 1 fully saturated rings. The molecular weight excluding hydrogens is 382 g/mol. The minimum atomic E-state index is -3.46.